The van der Waals surface area contributed by atoms with Gasteiger partial charge >= 0.3 is 0 Å². The summed E-state index contributed by atoms with van der Waals surface area (Å²) in [6.07, 6.45) is 3.24. The van der Waals surface area contributed by atoms with Crippen LogP contribution < -0.4 is 10.5 Å². The lowest BCUT2D eigenvalue weighted by atomic mass is 9.90. The van der Waals surface area contributed by atoms with Crippen molar-refractivity contribution in [2.75, 3.05) is 26.2 Å². The molecule has 0 unspecified atom stereocenters. The lowest BCUT2D eigenvalue weighted by Crippen LogP contribution is -2.53. The van der Waals surface area contributed by atoms with Gasteiger partial charge in [-0.25, -0.2) is 0 Å². The van der Waals surface area contributed by atoms with Crippen LogP contribution in [0.2, 0.25) is 0 Å². The first-order chi connectivity index (χ1) is 9.72. The number of likely N-dealkylation sites (N-methyl/N-ethyl adjacent to an activating group) is 1. The number of rotatable bonds is 10. The van der Waals surface area contributed by atoms with Gasteiger partial charge in [0.05, 0.1) is 6.61 Å². The highest BCUT2D eigenvalue weighted by Gasteiger charge is 2.30. The van der Waals surface area contributed by atoms with Crippen LogP contribution in [0.25, 0.3) is 0 Å². The number of ether oxygens (including phenoxy) is 1. The average molecular weight is 278 g/mol. The largest absolute Gasteiger partial charge is 0.494 e. The molecule has 0 aliphatic carbocycles. The van der Waals surface area contributed by atoms with Crippen LogP contribution >= 0.6 is 0 Å². The van der Waals surface area contributed by atoms with Crippen molar-refractivity contribution >= 4 is 0 Å². The first kappa shape index (κ1) is 17.0. The zero-order chi connectivity index (χ0) is 14.8. The van der Waals surface area contributed by atoms with Crippen LogP contribution in [0.4, 0.5) is 0 Å². The van der Waals surface area contributed by atoms with Crippen molar-refractivity contribution in [3.05, 3.63) is 30.3 Å². The van der Waals surface area contributed by atoms with Gasteiger partial charge in [0, 0.05) is 18.6 Å². The second-order valence-corrected chi connectivity index (χ2v) is 5.23. The Balaban J connectivity index is 2.41. The fourth-order valence-electron chi connectivity index (χ4n) is 2.81. The zero-order valence-electron chi connectivity index (χ0n) is 13.3. The average Bonchev–Trinajstić information content (AvgIpc) is 2.52. The van der Waals surface area contributed by atoms with Crippen LogP contribution in [0.3, 0.4) is 0 Å². The molecule has 2 N–H and O–H groups in total. The van der Waals surface area contributed by atoms with Gasteiger partial charge in [-0.1, -0.05) is 39.0 Å². The van der Waals surface area contributed by atoms with E-state index in [1.165, 1.54) is 0 Å². The number of para-hydroxylation sites is 1. The molecule has 1 aromatic rings. The second-order valence-electron chi connectivity index (χ2n) is 5.23. The molecule has 0 aromatic heterocycles. The quantitative estimate of drug-likeness (QED) is 0.667. The molecule has 0 bridgehead atoms. The Kier molecular flexibility index (Phi) is 7.63. The highest BCUT2D eigenvalue weighted by Crippen LogP contribution is 2.23. The molecule has 0 amide bonds. The van der Waals surface area contributed by atoms with Crippen LogP contribution in [-0.4, -0.2) is 36.7 Å². The number of hydrogen-bond donors (Lipinski definition) is 1. The van der Waals surface area contributed by atoms with Crippen molar-refractivity contribution in [1.82, 2.24) is 4.90 Å². The van der Waals surface area contributed by atoms with Gasteiger partial charge in [-0.2, -0.15) is 0 Å². The summed E-state index contributed by atoms with van der Waals surface area (Å²) < 4.78 is 5.76. The third-order valence-corrected chi connectivity index (χ3v) is 4.33. The van der Waals surface area contributed by atoms with E-state index >= 15 is 0 Å². The van der Waals surface area contributed by atoms with Crippen molar-refractivity contribution < 1.29 is 4.74 Å². The Morgan fingerprint density at radius 3 is 2.25 bits per heavy atom. The van der Waals surface area contributed by atoms with Crippen LogP contribution in [0.1, 0.15) is 40.0 Å². The molecule has 0 atom stereocenters. The summed E-state index contributed by atoms with van der Waals surface area (Å²) in [5.41, 5.74) is 6.18. The minimum absolute atomic E-state index is 0.154. The molecule has 0 heterocycles. The van der Waals surface area contributed by atoms with Gasteiger partial charge in [0.15, 0.2) is 0 Å². The van der Waals surface area contributed by atoms with E-state index in [0.29, 0.717) is 0 Å². The van der Waals surface area contributed by atoms with Crippen molar-refractivity contribution in [2.45, 2.75) is 45.6 Å². The van der Waals surface area contributed by atoms with Crippen LogP contribution in [0.5, 0.6) is 5.75 Å². The highest BCUT2D eigenvalue weighted by atomic mass is 16.5. The SMILES string of the molecule is CCN(CCCOc1ccccc1)C(CC)(CC)CN. The van der Waals surface area contributed by atoms with E-state index in [-0.39, 0.29) is 5.54 Å². The zero-order valence-corrected chi connectivity index (χ0v) is 13.3. The summed E-state index contributed by atoms with van der Waals surface area (Å²) in [5, 5.41) is 0. The molecule has 0 spiro atoms. The van der Waals surface area contributed by atoms with Gasteiger partial charge < -0.3 is 10.5 Å². The molecule has 0 aliphatic rings. The maximum absolute atomic E-state index is 6.03. The molecule has 0 saturated carbocycles. The number of nitrogens with two attached hydrogens (primary N) is 1. The Bertz CT molecular complexity index is 341. The summed E-state index contributed by atoms with van der Waals surface area (Å²) in [7, 11) is 0. The van der Waals surface area contributed by atoms with E-state index in [1.807, 2.05) is 30.3 Å². The van der Waals surface area contributed by atoms with Crippen molar-refractivity contribution in [1.29, 1.82) is 0 Å². The number of hydrogen-bond acceptors (Lipinski definition) is 3. The molecule has 0 fully saturated rings. The maximum atomic E-state index is 6.03. The van der Waals surface area contributed by atoms with Crippen LogP contribution in [0.15, 0.2) is 30.3 Å². The molecule has 1 aromatic carbocycles. The van der Waals surface area contributed by atoms with E-state index in [0.717, 1.165) is 51.3 Å². The lowest BCUT2D eigenvalue weighted by Gasteiger charge is -2.42. The minimum Gasteiger partial charge on any atom is -0.494 e. The van der Waals surface area contributed by atoms with E-state index in [1.54, 1.807) is 0 Å². The smallest absolute Gasteiger partial charge is 0.119 e. The Morgan fingerprint density at radius 2 is 1.75 bits per heavy atom. The summed E-state index contributed by atoms with van der Waals surface area (Å²) in [5.74, 6) is 0.951. The monoisotopic (exact) mass is 278 g/mol. The standard InChI is InChI=1S/C17H30N2O/c1-4-17(5-2,15-18)19(6-3)13-10-14-20-16-11-8-7-9-12-16/h7-9,11-12H,4-6,10,13-15,18H2,1-3H3. The van der Waals surface area contributed by atoms with Crippen molar-refractivity contribution in [3.8, 4) is 5.75 Å². The summed E-state index contributed by atoms with van der Waals surface area (Å²) in [6.45, 7) is 10.3. The molecular weight excluding hydrogens is 248 g/mol. The highest BCUT2D eigenvalue weighted by molar-refractivity contribution is 5.20. The normalized spacial score (nSPS) is 11.8. The van der Waals surface area contributed by atoms with Crippen molar-refractivity contribution in [2.24, 2.45) is 5.73 Å². The Morgan fingerprint density at radius 1 is 1.10 bits per heavy atom. The summed E-state index contributed by atoms with van der Waals surface area (Å²) in [6, 6.07) is 10.0. The van der Waals surface area contributed by atoms with E-state index in [9.17, 15) is 0 Å². The fraction of sp³-hybridized carbons (Fsp3) is 0.647. The molecule has 0 aliphatic heterocycles. The van der Waals surface area contributed by atoms with Gasteiger partial charge in [0.2, 0.25) is 0 Å². The topological polar surface area (TPSA) is 38.5 Å². The Hall–Kier alpha value is -1.06. The predicted molar refractivity (Wildman–Crippen MR) is 86.2 cm³/mol. The summed E-state index contributed by atoms with van der Waals surface area (Å²) in [4.78, 5) is 2.52. The molecule has 1 rings (SSSR count). The van der Waals surface area contributed by atoms with Gasteiger partial charge in [-0.15, -0.1) is 0 Å². The lowest BCUT2D eigenvalue weighted by molar-refractivity contribution is 0.0842. The molecular formula is C17H30N2O. The number of benzene rings is 1. The first-order valence-electron chi connectivity index (χ1n) is 7.85. The van der Waals surface area contributed by atoms with Gasteiger partial charge in [0.25, 0.3) is 0 Å². The molecule has 3 nitrogen and oxygen atoms in total. The van der Waals surface area contributed by atoms with Gasteiger partial charge in [-0.05, 0) is 37.9 Å². The van der Waals surface area contributed by atoms with E-state index in [2.05, 4.69) is 25.7 Å². The Labute approximate surface area is 124 Å². The first-order valence-corrected chi connectivity index (χ1v) is 7.85. The van der Waals surface area contributed by atoms with Crippen LogP contribution in [0, 0.1) is 0 Å². The van der Waals surface area contributed by atoms with E-state index < -0.39 is 0 Å². The summed E-state index contributed by atoms with van der Waals surface area (Å²) >= 11 is 0. The molecule has 0 radical (unpaired) electrons. The van der Waals surface area contributed by atoms with Gasteiger partial charge in [-0.3, -0.25) is 4.90 Å². The molecule has 20 heavy (non-hydrogen) atoms. The predicted octanol–water partition coefficient (Wildman–Crippen LogP) is 3.29. The number of nitrogens with zero attached hydrogens (tertiary/aromatic N) is 1. The third-order valence-electron chi connectivity index (χ3n) is 4.33. The molecule has 0 saturated heterocycles. The second kappa shape index (κ2) is 8.98. The van der Waals surface area contributed by atoms with Crippen LogP contribution in [-0.2, 0) is 0 Å². The third kappa shape index (κ3) is 4.50. The van der Waals surface area contributed by atoms with Gasteiger partial charge in [0.1, 0.15) is 5.75 Å². The van der Waals surface area contributed by atoms with E-state index in [4.69, 9.17) is 10.5 Å². The minimum atomic E-state index is 0.154. The fourth-order valence-corrected chi connectivity index (χ4v) is 2.81. The molecule has 114 valence electrons. The van der Waals surface area contributed by atoms with Crippen molar-refractivity contribution in [3.63, 3.8) is 0 Å². The molecule has 3 heteroatoms. The maximum Gasteiger partial charge on any atom is 0.119 e.